The zero-order chi connectivity index (χ0) is 23.6. The molecule has 0 spiro atoms. The van der Waals surface area contributed by atoms with Crippen molar-refractivity contribution < 1.29 is 9.18 Å². The van der Waals surface area contributed by atoms with Crippen molar-refractivity contribution in [3.8, 4) is 0 Å². The standard InChI is InChI=1S/C18H23FN6O.C4H10/c1-9(17(23)26)6-14(22)13(7-20)10(2)18-24-15(8-25(18)5)11(3)16(19)12(4)21;1-3-4-2/h6-8,20-21H,1,22H2,2-5H3,(H2,23,26);3-4H2,1-2H3/b13-10+,14-6+,16-11-,20-7?,21-12?;. The Morgan fingerprint density at radius 2 is 1.77 bits per heavy atom. The molecule has 0 aliphatic carbocycles. The van der Waals surface area contributed by atoms with Crippen LogP contribution in [0.4, 0.5) is 4.39 Å². The zero-order valence-electron chi connectivity index (χ0n) is 18.7. The molecular formula is C22H33FN6O. The number of allylic oxidation sites excluding steroid dienone is 4. The molecule has 164 valence electrons. The molecule has 0 aliphatic heterocycles. The molecule has 0 saturated carbocycles. The van der Waals surface area contributed by atoms with Gasteiger partial charge in [0.1, 0.15) is 11.7 Å². The summed E-state index contributed by atoms with van der Waals surface area (Å²) in [5, 5.41) is 15.0. The molecule has 1 aromatic rings. The second kappa shape index (κ2) is 12.3. The van der Waals surface area contributed by atoms with E-state index in [1.807, 2.05) is 0 Å². The van der Waals surface area contributed by atoms with Crippen molar-refractivity contribution in [2.75, 3.05) is 0 Å². The Hall–Kier alpha value is -3.29. The van der Waals surface area contributed by atoms with Crippen molar-refractivity contribution in [2.45, 2.75) is 47.5 Å². The summed E-state index contributed by atoms with van der Waals surface area (Å²) in [5.41, 5.74) is 12.6. The number of aromatic nitrogens is 2. The van der Waals surface area contributed by atoms with E-state index in [9.17, 15) is 9.18 Å². The molecule has 1 rings (SSSR count). The van der Waals surface area contributed by atoms with Crippen molar-refractivity contribution in [2.24, 2.45) is 18.5 Å². The minimum atomic E-state index is -0.715. The average Bonchev–Trinajstić information content (AvgIpc) is 3.08. The van der Waals surface area contributed by atoms with Gasteiger partial charge in [-0.3, -0.25) is 4.79 Å². The van der Waals surface area contributed by atoms with Gasteiger partial charge in [0.2, 0.25) is 5.91 Å². The van der Waals surface area contributed by atoms with E-state index in [1.165, 1.54) is 25.8 Å². The molecule has 0 bridgehead atoms. The highest BCUT2D eigenvalue weighted by Gasteiger charge is 2.16. The average molecular weight is 417 g/mol. The maximum atomic E-state index is 14.0. The second-order valence-corrected chi connectivity index (χ2v) is 6.80. The first kappa shape index (κ1) is 26.7. The Morgan fingerprint density at radius 1 is 1.23 bits per heavy atom. The van der Waals surface area contributed by atoms with Gasteiger partial charge >= 0.3 is 0 Å². The number of nitrogens with zero attached hydrogens (tertiary/aromatic N) is 2. The van der Waals surface area contributed by atoms with Crippen LogP contribution in [0.3, 0.4) is 0 Å². The van der Waals surface area contributed by atoms with E-state index in [1.54, 1.807) is 31.7 Å². The van der Waals surface area contributed by atoms with E-state index in [0.29, 0.717) is 22.7 Å². The van der Waals surface area contributed by atoms with Gasteiger partial charge in [0, 0.05) is 47.4 Å². The van der Waals surface area contributed by atoms with E-state index in [4.69, 9.17) is 22.3 Å². The smallest absolute Gasteiger partial charge is 0.248 e. The predicted molar refractivity (Wildman–Crippen MR) is 123 cm³/mol. The number of hydrogen-bond donors (Lipinski definition) is 4. The molecule has 0 aromatic carbocycles. The first-order valence-electron chi connectivity index (χ1n) is 9.56. The largest absolute Gasteiger partial charge is 0.398 e. The number of primary amides is 1. The summed E-state index contributed by atoms with van der Waals surface area (Å²) in [6.07, 6.45) is 6.59. The van der Waals surface area contributed by atoms with Crippen LogP contribution < -0.4 is 11.5 Å². The number of rotatable bonds is 8. The van der Waals surface area contributed by atoms with Gasteiger partial charge < -0.3 is 26.9 Å². The van der Waals surface area contributed by atoms with Gasteiger partial charge in [0.05, 0.1) is 11.4 Å². The van der Waals surface area contributed by atoms with Gasteiger partial charge in [-0.05, 0) is 26.8 Å². The summed E-state index contributed by atoms with van der Waals surface area (Å²) < 4.78 is 15.7. The van der Waals surface area contributed by atoms with Crippen molar-refractivity contribution >= 4 is 29.0 Å². The monoisotopic (exact) mass is 416 g/mol. The summed E-state index contributed by atoms with van der Waals surface area (Å²) in [6.45, 7) is 12.5. The maximum Gasteiger partial charge on any atom is 0.248 e. The number of unbranched alkanes of at least 4 members (excludes halogenated alkanes) is 1. The fourth-order valence-electron chi connectivity index (χ4n) is 2.25. The Kier molecular flexibility index (Phi) is 11.0. The number of nitrogens with one attached hydrogen (secondary N) is 2. The fourth-order valence-corrected chi connectivity index (χ4v) is 2.25. The van der Waals surface area contributed by atoms with E-state index >= 15 is 0 Å². The molecule has 0 saturated heterocycles. The van der Waals surface area contributed by atoms with Crippen molar-refractivity contribution in [1.29, 1.82) is 10.8 Å². The Balaban J connectivity index is 0.00000192. The van der Waals surface area contributed by atoms with Crippen LogP contribution in [0.5, 0.6) is 0 Å². The van der Waals surface area contributed by atoms with Gasteiger partial charge in [0.25, 0.3) is 0 Å². The van der Waals surface area contributed by atoms with Gasteiger partial charge in [-0.15, -0.1) is 0 Å². The molecule has 1 amide bonds. The van der Waals surface area contributed by atoms with Gasteiger partial charge in [0.15, 0.2) is 0 Å². The third kappa shape index (κ3) is 7.27. The number of hydrogen-bond acceptors (Lipinski definition) is 5. The normalized spacial score (nSPS) is 12.8. The SMILES string of the molecule is C=C(/C=C(N)\C(C=N)=C(/C)c1nc(/C(C)=C(\F)C(C)=N)cn1C)C(N)=O.CCCC. The number of aryl methyl sites for hydroxylation is 1. The first-order valence-corrected chi connectivity index (χ1v) is 9.56. The number of nitrogens with two attached hydrogens (primary N) is 2. The molecule has 0 fully saturated rings. The van der Waals surface area contributed by atoms with E-state index in [0.717, 1.165) is 6.21 Å². The second-order valence-electron chi connectivity index (χ2n) is 6.80. The fraction of sp³-hybridized carbons (Fsp3) is 0.364. The van der Waals surface area contributed by atoms with Gasteiger partial charge in [-0.1, -0.05) is 33.3 Å². The van der Waals surface area contributed by atoms with Crippen LogP contribution in [0.1, 0.15) is 59.0 Å². The van der Waals surface area contributed by atoms with Crippen molar-refractivity contribution in [3.63, 3.8) is 0 Å². The molecule has 0 atom stereocenters. The third-order valence-electron chi connectivity index (χ3n) is 4.26. The molecule has 30 heavy (non-hydrogen) atoms. The number of carbonyl (C=O) groups excluding carboxylic acids is 1. The van der Waals surface area contributed by atoms with Crippen molar-refractivity contribution in [1.82, 2.24) is 9.55 Å². The van der Waals surface area contributed by atoms with Crippen molar-refractivity contribution in [3.05, 3.63) is 53.0 Å². The summed E-state index contributed by atoms with van der Waals surface area (Å²) in [5.74, 6) is -0.887. The van der Waals surface area contributed by atoms with Crippen LogP contribution >= 0.6 is 0 Å². The third-order valence-corrected chi connectivity index (χ3v) is 4.26. The minimum Gasteiger partial charge on any atom is -0.398 e. The predicted octanol–water partition coefficient (Wildman–Crippen LogP) is 4.27. The Morgan fingerprint density at radius 3 is 2.17 bits per heavy atom. The molecule has 1 aromatic heterocycles. The lowest BCUT2D eigenvalue weighted by atomic mass is 10.0. The molecule has 0 aliphatic rings. The maximum absolute atomic E-state index is 14.0. The zero-order valence-corrected chi connectivity index (χ0v) is 18.7. The molecule has 1 heterocycles. The highest BCUT2D eigenvalue weighted by atomic mass is 19.1. The van der Waals surface area contributed by atoms with Gasteiger partial charge in [-0.25, -0.2) is 9.37 Å². The lowest BCUT2D eigenvalue weighted by Crippen LogP contribution is -2.14. The molecule has 0 radical (unpaired) electrons. The summed E-state index contributed by atoms with van der Waals surface area (Å²) in [4.78, 5) is 15.5. The van der Waals surface area contributed by atoms with Crippen LogP contribution in [-0.2, 0) is 11.8 Å². The van der Waals surface area contributed by atoms with Crippen LogP contribution in [0.25, 0.3) is 11.1 Å². The number of carbonyl (C=O) groups is 1. The van der Waals surface area contributed by atoms with Crippen LogP contribution in [0.15, 0.2) is 41.5 Å². The summed E-state index contributed by atoms with van der Waals surface area (Å²) >= 11 is 0. The Labute approximate surface area is 178 Å². The van der Waals surface area contributed by atoms with Crippen LogP contribution in [0, 0.1) is 10.8 Å². The number of halogens is 1. The molecule has 0 unspecified atom stereocenters. The lowest BCUT2D eigenvalue weighted by molar-refractivity contribution is -0.114. The molecular weight excluding hydrogens is 383 g/mol. The van der Waals surface area contributed by atoms with E-state index in [2.05, 4.69) is 25.4 Å². The minimum absolute atomic E-state index is 0.0116. The molecule has 8 heteroatoms. The number of imidazole rings is 1. The van der Waals surface area contributed by atoms with E-state index in [-0.39, 0.29) is 22.6 Å². The van der Waals surface area contributed by atoms with Crippen LogP contribution in [-0.4, -0.2) is 27.4 Å². The van der Waals surface area contributed by atoms with E-state index < -0.39 is 11.7 Å². The molecule has 6 N–H and O–H groups in total. The topological polar surface area (TPSA) is 135 Å². The molecule has 7 nitrogen and oxygen atoms in total. The van der Waals surface area contributed by atoms with Crippen LogP contribution in [0.2, 0.25) is 0 Å². The first-order chi connectivity index (χ1) is 13.9. The highest BCUT2D eigenvalue weighted by Crippen LogP contribution is 2.24. The highest BCUT2D eigenvalue weighted by molar-refractivity contribution is 6.00. The lowest BCUT2D eigenvalue weighted by Gasteiger charge is -2.09. The Bertz CT molecular complexity index is 916. The van der Waals surface area contributed by atoms with Gasteiger partial charge in [-0.2, -0.15) is 0 Å². The summed E-state index contributed by atoms with van der Waals surface area (Å²) in [7, 11) is 1.72. The summed E-state index contributed by atoms with van der Waals surface area (Å²) in [6, 6.07) is 0. The quantitative estimate of drug-likeness (QED) is 0.286. The number of amides is 1.